The summed E-state index contributed by atoms with van der Waals surface area (Å²) in [7, 11) is 0. The fourth-order valence-electron chi connectivity index (χ4n) is 3.08. The summed E-state index contributed by atoms with van der Waals surface area (Å²) in [6.07, 6.45) is 0. The molecule has 1 saturated heterocycles. The lowest BCUT2D eigenvalue weighted by atomic mass is 10.1. The smallest absolute Gasteiger partial charge is 0.325 e. The molecule has 2 aromatic rings. The first-order valence-corrected chi connectivity index (χ1v) is 8.95. The third-order valence-electron chi connectivity index (χ3n) is 4.51. The summed E-state index contributed by atoms with van der Waals surface area (Å²) in [5, 5.41) is 4.61. The summed E-state index contributed by atoms with van der Waals surface area (Å²) in [5.41, 5.74) is 1.42. The monoisotopic (exact) mass is 359 g/mol. The molecule has 1 N–H and O–H groups in total. The van der Waals surface area contributed by atoms with Gasteiger partial charge in [-0.3, -0.25) is 14.5 Å². The summed E-state index contributed by atoms with van der Waals surface area (Å²) in [6.45, 7) is 7.57. The Morgan fingerprint density at radius 3 is 2.56 bits per heavy atom. The average molecular weight is 359 g/mol. The van der Waals surface area contributed by atoms with Gasteiger partial charge in [-0.15, -0.1) is 11.3 Å². The van der Waals surface area contributed by atoms with E-state index in [1.54, 1.807) is 25.2 Å². The Morgan fingerprint density at radius 1 is 1.28 bits per heavy atom. The number of aryl methyl sites for hydroxylation is 1. The minimum absolute atomic E-state index is 0.230. The molecule has 0 unspecified atom stereocenters. The Labute approximate surface area is 150 Å². The van der Waals surface area contributed by atoms with Crippen LogP contribution in [-0.4, -0.2) is 39.3 Å². The van der Waals surface area contributed by atoms with Crippen LogP contribution in [0.3, 0.4) is 0 Å². The average Bonchev–Trinajstić information content (AvgIpc) is 3.19. The molecule has 0 aliphatic carbocycles. The number of aromatic nitrogens is 1. The van der Waals surface area contributed by atoms with E-state index in [9.17, 15) is 14.4 Å². The zero-order valence-electron chi connectivity index (χ0n) is 14.8. The van der Waals surface area contributed by atoms with Crippen LogP contribution in [0.2, 0.25) is 0 Å². The first kappa shape index (κ1) is 17.4. The first-order chi connectivity index (χ1) is 11.7. The number of nitrogens with zero attached hydrogens (tertiary/aromatic N) is 2. The number of amides is 3. The Bertz CT molecular complexity index is 849. The van der Waals surface area contributed by atoms with Crippen LogP contribution in [0.25, 0.3) is 0 Å². The molecule has 2 aromatic heterocycles. The van der Waals surface area contributed by atoms with Gasteiger partial charge in [0.25, 0.3) is 5.91 Å². The molecule has 0 radical (unpaired) electrons. The Hall–Kier alpha value is -2.41. The van der Waals surface area contributed by atoms with E-state index < -0.39 is 11.6 Å². The van der Waals surface area contributed by atoms with Gasteiger partial charge in [-0.1, -0.05) is 6.07 Å². The van der Waals surface area contributed by atoms with E-state index in [2.05, 4.69) is 16.0 Å². The van der Waals surface area contributed by atoms with Gasteiger partial charge in [0.2, 0.25) is 0 Å². The SMILES string of the molecule is Cc1cc(C(=O)CN2C(=O)NC(C)(C)C2=O)c(C)n1Cc1cccs1. The molecule has 25 heavy (non-hydrogen) atoms. The minimum atomic E-state index is -0.965. The summed E-state index contributed by atoms with van der Waals surface area (Å²) >= 11 is 1.67. The number of urea groups is 1. The van der Waals surface area contributed by atoms with Gasteiger partial charge in [0.05, 0.1) is 13.1 Å². The molecule has 6 nitrogen and oxygen atoms in total. The van der Waals surface area contributed by atoms with E-state index in [0.29, 0.717) is 12.1 Å². The van der Waals surface area contributed by atoms with Crippen molar-refractivity contribution in [1.82, 2.24) is 14.8 Å². The van der Waals surface area contributed by atoms with Gasteiger partial charge in [-0.2, -0.15) is 0 Å². The van der Waals surface area contributed by atoms with Crippen molar-refractivity contribution >= 4 is 29.1 Å². The number of ketones is 1. The fourth-order valence-corrected chi connectivity index (χ4v) is 3.77. The third kappa shape index (κ3) is 3.11. The maximum Gasteiger partial charge on any atom is 0.325 e. The largest absolute Gasteiger partial charge is 0.343 e. The molecule has 3 amide bonds. The number of hydrogen-bond donors (Lipinski definition) is 1. The summed E-state index contributed by atoms with van der Waals surface area (Å²) < 4.78 is 2.08. The van der Waals surface area contributed by atoms with E-state index in [0.717, 1.165) is 16.3 Å². The molecule has 0 spiro atoms. The molecule has 7 heteroatoms. The summed E-state index contributed by atoms with van der Waals surface area (Å²) in [5.74, 6) is -0.607. The summed E-state index contributed by atoms with van der Waals surface area (Å²) in [4.78, 5) is 39.1. The van der Waals surface area contributed by atoms with Gasteiger partial charge in [0.1, 0.15) is 5.54 Å². The highest BCUT2D eigenvalue weighted by molar-refractivity contribution is 7.09. The quantitative estimate of drug-likeness (QED) is 0.659. The van der Waals surface area contributed by atoms with Crippen LogP contribution in [0.15, 0.2) is 23.6 Å². The van der Waals surface area contributed by atoms with Gasteiger partial charge in [0.15, 0.2) is 5.78 Å². The molecule has 3 heterocycles. The molecule has 0 atom stereocenters. The van der Waals surface area contributed by atoms with E-state index in [1.165, 1.54) is 4.88 Å². The Kier molecular flexibility index (Phi) is 4.28. The van der Waals surface area contributed by atoms with Crippen LogP contribution >= 0.6 is 11.3 Å². The van der Waals surface area contributed by atoms with Crippen LogP contribution in [0.5, 0.6) is 0 Å². The van der Waals surface area contributed by atoms with Gasteiger partial charge in [-0.05, 0) is 45.2 Å². The van der Waals surface area contributed by atoms with Crippen molar-refractivity contribution in [2.24, 2.45) is 0 Å². The van der Waals surface area contributed by atoms with Crippen molar-refractivity contribution in [3.05, 3.63) is 45.4 Å². The lowest BCUT2D eigenvalue weighted by Gasteiger charge is -2.15. The van der Waals surface area contributed by atoms with Crippen molar-refractivity contribution in [1.29, 1.82) is 0 Å². The molecule has 0 aromatic carbocycles. The second-order valence-electron chi connectivity index (χ2n) is 6.82. The highest BCUT2D eigenvalue weighted by atomic mass is 32.1. The normalized spacial score (nSPS) is 16.4. The van der Waals surface area contributed by atoms with E-state index in [1.807, 2.05) is 31.4 Å². The maximum atomic E-state index is 12.7. The van der Waals surface area contributed by atoms with Crippen LogP contribution in [-0.2, 0) is 11.3 Å². The van der Waals surface area contributed by atoms with E-state index in [-0.39, 0.29) is 18.2 Å². The zero-order valence-corrected chi connectivity index (χ0v) is 15.6. The second kappa shape index (κ2) is 6.15. The van der Waals surface area contributed by atoms with Crippen molar-refractivity contribution in [3.63, 3.8) is 0 Å². The van der Waals surface area contributed by atoms with Crippen molar-refractivity contribution < 1.29 is 14.4 Å². The minimum Gasteiger partial charge on any atom is -0.343 e. The summed E-state index contributed by atoms with van der Waals surface area (Å²) in [6, 6.07) is 5.37. The number of thiophene rings is 1. The van der Waals surface area contributed by atoms with Crippen LogP contribution in [0.4, 0.5) is 4.79 Å². The molecule has 132 valence electrons. The third-order valence-corrected chi connectivity index (χ3v) is 5.38. The predicted octanol–water partition coefficient (Wildman–Crippen LogP) is 2.73. The Balaban J connectivity index is 1.81. The number of hydrogen-bond acceptors (Lipinski definition) is 4. The highest BCUT2D eigenvalue weighted by Gasteiger charge is 2.45. The van der Waals surface area contributed by atoms with Gasteiger partial charge < -0.3 is 9.88 Å². The lowest BCUT2D eigenvalue weighted by molar-refractivity contribution is -0.129. The highest BCUT2D eigenvalue weighted by Crippen LogP contribution is 2.22. The number of Topliss-reactive ketones (excluding diaryl/α,β-unsaturated/α-hetero) is 1. The topological polar surface area (TPSA) is 71.4 Å². The predicted molar refractivity (Wildman–Crippen MR) is 96.0 cm³/mol. The van der Waals surface area contributed by atoms with Crippen molar-refractivity contribution in [2.75, 3.05) is 6.54 Å². The lowest BCUT2D eigenvalue weighted by Crippen LogP contribution is -2.41. The Morgan fingerprint density at radius 2 is 2.00 bits per heavy atom. The first-order valence-electron chi connectivity index (χ1n) is 8.07. The van der Waals surface area contributed by atoms with Crippen molar-refractivity contribution in [3.8, 4) is 0 Å². The molecule has 1 fully saturated rings. The number of carbonyl (C=O) groups is 3. The number of rotatable bonds is 5. The molecular weight excluding hydrogens is 338 g/mol. The fraction of sp³-hybridized carbons (Fsp3) is 0.389. The molecule has 3 rings (SSSR count). The molecule has 1 aliphatic rings. The van der Waals surface area contributed by atoms with Crippen LogP contribution in [0.1, 0.15) is 40.5 Å². The number of imide groups is 1. The maximum absolute atomic E-state index is 12.7. The van der Waals surface area contributed by atoms with E-state index >= 15 is 0 Å². The van der Waals surface area contributed by atoms with Crippen LogP contribution in [0, 0.1) is 13.8 Å². The molecule has 1 aliphatic heterocycles. The zero-order chi connectivity index (χ0) is 18.4. The van der Waals surface area contributed by atoms with E-state index in [4.69, 9.17) is 0 Å². The van der Waals surface area contributed by atoms with Gasteiger partial charge >= 0.3 is 6.03 Å². The van der Waals surface area contributed by atoms with Crippen LogP contribution < -0.4 is 5.32 Å². The molecule has 0 bridgehead atoms. The second-order valence-corrected chi connectivity index (χ2v) is 7.85. The standard InChI is InChI=1S/C18H21N3O3S/c1-11-8-14(12(2)20(11)9-13-6-5-7-25-13)15(22)10-21-16(23)18(3,4)19-17(21)24/h5-8H,9-10H2,1-4H3,(H,19,24). The number of nitrogens with one attached hydrogen (secondary N) is 1. The van der Waals surface area contributed by atoms with Gasteiger partial charge in [-0.25, -0.2) is 4.79 Å². The number of carbonyl (C=O) groups excluding carboxylic acids is 3. The van der Waals surface area contributed by atoms with Gasteiger partial charge in [0, 0.05) is 21.8 Å². The molecular formula is C18H21N3O3S. The molecule has 0 saturated carbocycles. The van der Waals surface area contributed by atoms with Crippen molar-refractivity contribution in [2.45, 2.75) is 39.8 Å².